The molecule has 0 radical (unpaired) electrons. The lowest BCUT2D eigenvalue weighted by Gasteiger charge is -2.35. The van der Waals surface area contributed by atoms with E-state index in [1.165, 1.54) is 25.9 Å². The van der Waals surface area contributed by atoms with Crippen LogP contribution in [0.15, 0.2) is 6.07 Å². The summed E-state index contributed by atoms with van der Waals surface area (Å²) >= 11 is 0. The lowest BCUT2D eigenvalue weighted by molar-refractivity contribution is 0.247. The van der Waals surface area contributed by atoms with Crippen LogP contribution in [0.25, 0.3) is 0 Å². The van der Waals surface area contributed by atoms with Crippen molar-refractivity contribution in [2.75, 3.05) is 42.9 Å². The molecule has 1 saturated carbocycles. The maximum atomic E-state index is 4.62. The smallest absolute Gasteiger partial charge is 0.224 e. The Morgan fingerprint density at radius 1 is 1.21 bits per heavy atom. The third kappa shape index (κ3) is 2.97. The zero-order valence-electron chi connectivity index (χ0n) is 11.9. The van der Waals surface area contributed by atoms with Crippen molar-refractivity contribution in [3.8, 4) is 0 Å². The molecule has 0 spiro atoms. The Morgan fingerprint density at radius 3 is 2.58 bits per heavy atom. The van der Waals surface area contributed by atoms with Gasteiger partial charge in [-0.1, -0.05) is 0 Å². The minimum absolute atomic E-state index is 0.752. The van der Waals surface area contributed by atoms with Crippen molar-refractivity contribution in [1.82, 2.24) is 14.9 Å². The fraction of sp³-hybridized carbons (Fsp3) is 0.714. The largest absolute Gasteiger partial charge is 0.354 e. The van der Waals surface area contributed by atoms with Crippen LogP contribution in [-0.4, -0.2) is 53.6 Å². The Morgan fingerprint density at radius 2 is 1.95 bits per heavy atom. The van der Waals surface area contributed by atoms with Gasteiger partial charge in [0.1, 0.15) is 5.82 Å². The Bertz CT molecular complexity index is 435. The molecule has 1 N–H and O–H groups in total. The number of nitrogens with one attached hydrogen (secondary N) is 1. The van der Waals surface area contributed by atoms with Crippen molar-refractivity contribution in [3.05, 3.63) is 11.8 Å². The molecule has 1 aliphatic heterocycles. The predicted octanol–water partition coefficient (Wildman–Crippen LogP) is 1.50. The van der Waals surface area contributed by atoms with Crippen LogP contribution in [0.2, 0.25) is 0 Å². The fourth-order valence-corrected chi connectivity index (χ4v) is 2.71. The van der Waals surface area contributed by atoms with E-state index in [0.29, 0.717) is 0 Å². The van der Waals surface area contributed by atoms with Crippen LogP contribution in [0, 0.1) is 6.92 Å². The highest BCUT2D eigenvalue weighted by Crippen LogP contribution is 2.28. The highest BCUT2D eigenvalue weighted by Gasteiger charge is 2.31. The summed E-state index contributed by atoms with van der Waals surface area (Å²) in [5.41, 5.74) is 1.03. The van der Waals surface area contributed by atoms with Crippen molar-refractivity contribution < 1.29 is 0 Å². The van der Waals surface area contributed by atoms with E-state index in [2.05, 4.69) is 38.1 Å². The SMILES string of the molecule is CCNc1nc(C)cc(N2CCN(C3CC3)CC2)n1. The molecule has 0 bridgehead atoms. The first-order valence-electron chi connectivity index (χ1n) is 7.35. The Hall–Kier alpha value is -1.36. The van der Waals surface area contributed by atoms with Crippen molar-refractivity contribution >= 4 is 11.8 Å². The van der Waals surface area contributed by atoms with E-state index in [0.717, 1.165) is 43.1 Å². The van der Waals surface area contributed by atoms with E-state index in [-0.39, 0.29) is 0 Å². The van der Waals surface area contributed by atoms with Gasteiger partial charge in [-0.05, 0) is 26.7 Å². The van der Waals surface area contributed by atoms with E-state index in [4.69, 9.17) is 0 Å². The highest BCUT2D eigenvalue weighted by atomic mass is 15.3. The molecule has 5 nitrogen and oxygen atoms in total. The second-order valence-corrected chi connectivity index (χ2v) is 5.48. The molecule has 2 aliphatic rings. The molecule has 1 saturated heterocycles. The molecule has 5 heteroatoms. The van der Waals surface area contributed by atoms with Crippen LogP contribution in [0.3, 0.4) is 0 Å². The van der Waals surface area contributed by atoms with Gasteiger partial charge in [0.2, 0.25) is 5.95 Å². The molecule has 19 heavy (non-hydrogen) atoms. The molecule has 1 aliphatic carbocycles. The summed E-state index contributed by atoms with van der Waals surface area (Å²) < 4.78 is 0. The van der Waals surface area contributed by atoms with E-state index < -0.39 is 0 Å². The summed E-state index contributed by atoms with van der Waals surface area (Å²) in [4.78, 5) is 14.0. The molecule has 2 fully saturated rings. The van der Waals surface area contributed by atoms with E-state index in [1.807, 2.05) is 6.92 Å². The molecule has 0 atom stereocenters. The van der Waals surface area contributed by atoms with Gasteiger partial charge in [-0.2, -0.15) is 4.98 Å². The quantitative estimate of drug-likeness (QED) is 0.890. The monoisotopic (exact) mass is 261 g/mol. The first kappa shape index (κ1) is 12.7. The molecular weight excluding hydrogens is 238 g/mol. The lowest BCUT2D eigenvalue weighted by Crippen LogP contribution is -2.47. The topological polar surface area (TPSA) is 44.3 Å². The van der Waals surface area contributed by atoms with Crippen LogP contribution >= 0.6 is 0 Å². The third-order valence-corrected chi connectivity index (χ3v) is 3.88. The Kier molecular flexibility index (Phi) is 3.55. The normalized spacial score (nSPS) is 20.6. The number of aryl methyl sites for hydroxylation is 1. The molecular formula is C14H23N5. The first-order chi connectivity index (χ1) is 9.26. The van der Waals surface area contributed by atoms with Gasteiger partial charge in [0, 0.05) is 50.5 Å². The van der Waals surface area contributed by atoms with Crippen molar-refractivity contribution in [3.63, 3.8) is 0 Å². The first-order valence-corrected chi connectivity index (χ1v) is 7.35. The number of piperazine rings is 1. The minimum Gasteiger partial charge on any atom is -0.354 e. The molecule has 1 aromatic heterocycles. The lowest BCUT2D eigenvalue weighted by atomic mass is 10.3. The summed E-state index contributed by atoms with van der Waals surface area (Å²) in [7, 11) is 0. The van der Waals surface area contributed by atoms with Gasteiger partial charge in [-0.25, -0.2) is 4.98 Å². The number of anilines is 2. The highest BCUT2D eigenvalue weighted by molar-refractivity contribution is 5.45. The second kappa shape index (κ2) is 5.33. The van der Waals surface area contributed by atoms with Gasteiger partial charge in [0.25, 0.3) is 0 Å². The summed E-state index contributed by atoms with van der Waals surface area (Å²) in [5.74, 6) is 1.82. The molecule has 0 amide bonds. The van der Waals surface area contributed by atoms with E-state index in [9.17, 15) is 0 Å². The maximum Gasteiger partial charge on any atom is 0.224 e. The van der Waals surface area contributed by atoms with Gasteiger partial charge in [-0.3, -0.25) is 4.90 Å². The zero-order chi connectivity index (χ0) is 13.2. The third-order valence-electron chi connectivity index (χ3n) is 3.88. The molecule has 2 heterocycles. The predicted molar refractivity (Wildman–Crippen MR) is 77.7 cm³/mol. The van der Waals surface area contributed by atoms with Gasteiger partial charge < -0.3 is 10.2 Å². The van der Waals surface area contributed by atoms with Crippen molar-refractivity contribution in [2.24, 2.45) is 0 Å². The van der Waals surface area contributed by atoms with E-state index >= 15 is 0 Å². The fourth-order valence-electron chi connectivity index (χ4n) is 2.71. The number of nitrogens with zero attached hydrogens (tertiary/aromatic N) is 4. The molecule has 104 valence electrons. The van der Waals surface area contributed by atoms with Crippen LogP contribution in [0.4, 0.5) is 11.8 Å². The number of rotatable bonds is 4. The standard InChI is InChI=1S/C14H23N5/c1-3-15-14-16-11(2)10-13(17-14)19-8-6-18(7-9-19)12-4-5-12/h10,12H,3-9H2,1-2H3,(H,15,16,17). The zero-order valence-corrected chi connectivity index (χ0v) is 11.9. The molecule has 0 unspecified atom stereocenters. The molecule has 3 rings (SSSR count). The summed E-state index contributed by atoms with van der Waals surface area (Å²) in [5, 5.41) is 3.21. The molecule has 1 aromatic rings. The average molecular weight is 261 g/mol. The number of hydrogen-bond donors (Lipinski definition) is 1. The Balaban J connectivity index is 1.68. The van der Waals surface area contributed by atoms with Crippen LogP contribution < -0.4 is 10.2 Å². The van der Waals surface area contributed by atoms with Crippen LogP contribution in [0.5, 0.6) is 0 Å². The van der Waals surface area contributed by atoms with Crippen molar-refractivity contribution in [2.45, 2.75) is 32.7 Å². The van der Waals surface area contributed by atoms with Crippen LogP contribution in [0.1, 0.15) is 25.5 Å². The minimum atomic E-state index is 0.752. The van der Waals surface area contributed by atoms with Crippen LogP contribution in [-0.2, 0) is 0 Å². The van der Waals surface area contributed by atoms with Gasteiger partial charge in [-0.15, -0.1) is 0 Å². The number of hydrogen-bond acceptors (Lipinski definition) is 5. The van der Waals surface area contributed by atoms with Gasteiger partial charge in [0.05, 0.1) is 0 Å². The summed E-state index contributed by atoms with van der Waals surface area (Å²) in [6.07, 6.45) is 2.80. The van der Waals surface area contributed by atoms with Gasteiger partial charge in [0.15, 0.2) is 0 Å². The summed E-state index contributed by atoms with van der Waals surface area (Å²) in [6, 6.07) is 2.97. The maximum absolute atomic E-state index is 4.62. The average Bonchev–Trinajstić information content (AvgIpc) is 3.23. The summed E-state index contributed by atoms with van der Waals surface area (Å²) in [6.45, 7) is 9.47. The molecule has 0 aromatic carbocycles. The van der Waals surface area contributed by atoms with Gasteiger partial charge >= 0.3 is 0 Å². The second-order valence-electron chi connectivity index (χ2n) is 5.48. The Labute approximate surface area is 115 Å². The number of aromatic nitrogens is 2. The van der Waals surface area contributed by atoms with E-state index in [1.54, 1.807) is 0 Å². The van der Waals surface area contributed by atoms with Crippen molar-refractivity contribution in [1.29, 1.82) is 0 Å².